The molecule has 28 heavy (non-hydrogen) atoms. The number of fused-ring (bicyclic) bond motifs is 1. The van der Waals surface area contributed by atoms with E-state index in [1.165, 1.54) is 0 Å². The molecule has 146 valence electrons. The summed E-state index contributed by atoms with van der Waals surface area (Å²) in [6, 6.07) is 12.8. The average Bonchev–Trinajstić information content (AvgIpc) is 3.04. The monoisotopic (exact) mass is 399 g/mol. The first-order valence-corrected chi connectivity index (χ1v) is 10.3. The number of alkyl halides is 1. The summed E-state index contributed by atoms with van der Waals surface area (Å²) in [4.78, 5) is 0.696. The van der Waals surface area contributed by atoms with Gasteiger partial charge in [-0.3, -0.25) is 4.21 Å². The molecule has 0 saturated heterocycles. The number of ether oxygens (including phenoxy) is 1. The number of nitrogens with zero attached hydrogens (tertiary/aromatic N) is 1. The summed E-state index contributed by atoms with van der Waals surface area (Å²) in [5.74, 6) is 6.75. The van der Waals surface area contributed by atoms with E-state index >= 15 is 0 Å². The van der Waals surface area contributed by atoms with Gasteiger partial charge in [-0.1, -0.05) is 12.0 Å². The third kappa shape index (κ3) is 4.12. The number of benzene rings is 2. The van der Waals surface area contributed by atoms with Crippen LogP contribution in [0.5, 0.6) is 5.75 Å². The lowest BCUT2D eigenvalue weighted by atomic mass is 10.2. The molecule has 7 heteroatoms. The highest BCUT2D eigenvalue weighted by atomic mass is 32.2. The number of nitrogen functional groups attached to an aromatic ring is 1. The third-order valence-corrected chi connectivity index (χ3v) is 5.29. The van der Waals surface area contributed by atoms with Crippen molar-refractivity contribution < 1.29 is 13.3 Å². The van der Waals surface area contributed by atoms with Crippen LogP contribution in [0.25, 0.3) is 10.9 Å². The van der Waals surface area contributed by atoms with Crippen molar-refractivity contribution in [3.63, 3.8) is 0 Å². The molecule has 5 nitrogen and oxygen atoms in total. The first-order chi connectivity index (χ1) is 13.5. The molecule has 0 spiro atoms. The van der Waals surface area contributed by atoms with Crippen molar-refractivity contribution in [3.8, 4) is 17.6 Å². The minimum absolute atomic E-state index is 0.230. The van der Waals surface area contributed by atoms with E-state index in [0.29, 0.717) is 22.9 Å². The lowest BCUT2D eigenvalue weighted by Gasteiger charge is -2.10. The van der Waals surface area contributed by atoms with Crippen LogP contribution in [0.1, 0.15) is 5.69 Å². The highest BCUT2D eigenvalue weighted by molar-refractivity contribution is 7.84. The Hall–Kier alpha value is -2.98. The van der Waals surface area contributed by atoms with Gasteiger partial charge in [-0.05, 0) is 42.3 Å². The van der Waals surface area contributed by atoms with Gasteiger partial charge in [0.1, 0.15) is 12.4 Å². The van der Waals surface area contributed by atoms with Gasteiger partial charge in [0.05, 0.1) is 37.1 Å². The zero-order valence-corrected chi connectivity index (χ0v) is 16.6. The van der Waals surface area contributed by atoms with E-state index < -0.39 is 17.5 Å². The molecule has 1 atom stereocenters. The van der Waals surface area contributed by atoms with Crippen LogP contribution in [0, 0.1) is 11.8 Å². The van der Waals surface area contributed by atoms with E-state index in [0.717, 1.165) is 22.3 Å². The summed E-state index contributed by atoms with van der Waals surface area (Å²) < 4.78 is 31.8. The third-order valence-electron chi connectivity index (χ3n) is 4.38. The number of aryl methyl sites for hydroxylation is 1. The van der Waals surface area contributed by atoms with E-state index in [9.17, 15) is 8.60 Å². The molecule has 0 radical (unpaired) electrons. The summed E-state index contributed by atoms with van der Waals surface area (Å²) in [5.41, 5.74) is 9.03. The van der Waals surface area contributed by atoms with Gasteiger partial charge in [-0.2, -0.15) is 0 Å². The van der Waals surface area contributed by atoms with Crippen molar-refractivity contribution in [2.24, 2.45) is 0 Å². The first-order valence-electron chi connectivity index (χ1n) is 8.73. The summed E-state index contributed by atoms with van der Waals surface area (Å²) >= 11 is 0. The quantitative estimate of drug-likeness (QED) is 0.492. The Balaban J connectivity index is 1.81. The molecule has 1 heterocycles. The minimum Gasteiger partial charge on any atom is -0.495 e. The molecule has 0 amide bonds. The molecule has 1 aromatic heterocycles. The predicted octanol–water partition coefficient (Wildman–Crippen LogP) is 3.40. The Morgan fingerprint density at radius 3 is 2.82 bits per heavy atom. The van der Waals surface area contributed by atoms with Gasteiger partial charge in [0.15, 0.2) is 0 Å². The van der Waals surface area contributed by atoms with Crippen LogP contribution in [0.4, 0.5) is 15.8 Å². The zero-order chi connectivity index (χ0) is 20.1. The van der Waals surface area contributed by atoms with E-state index in [1.807, 2.05) is 34.9 Å². The number of rotatable bonds is 6. The largest absolute Gasteiger partial charge is 0.495 e. The molecule has 0 saturated carbocycles. The second-order valence-electron chi connectivity index (χ2n) is 6.12. The lowest BCUT2D eigenvalue weighted by molar-refractivity contribution is 0.415. The second-order valence-corrected chi connectivity index (χ2v) is 7.50. The maximum atomic E-state index is 13.0. The van der Waals surface area contributed by atoms with Crippen LogP contribution < -0.4 is 15.8 Å². The zero-order valence-electron chi connectivity index (χ0n) is 15.8. The van der Waals surface area contributed by atoms with Gasteiger partial charge in [0.25, 0.3) is 0 Å². The average molecular weight is 399 g/mol. The maximum absolute atomic E-state index is 13.0. The molecule has 0 fully saturated rings. The highest BCUT2D eigenvalue weighted by Crippen LogP contribution is 2.27. The van der Waals surface area contributed by atoms with Crippen molar-refractivity contribution >= 4 is 33.1 Å². The number of halogens is 1. The van der Waals surface area contributed by atoms with Crippen LogP contribution in [-0.4, -0.2) is 35.4 Å². The summed E-state index contributed by atoms with van der Waals surface area (Å²) in [7, 11) is 0.488. The minimum atomic E-state index is -1.08. The molecule has 2 aromatic carbocycles. The summed E-state index contributed by atoms with van der Waals surface area (Å²) in [5, 5.41) is 4.06. The first kappa shape index (κ1) is 19.8. The Kier molecular flexibility index (Phi) is 6.22. The van der Waals surface area contributed by atoms with Gasteiger partial charge < -0.3 is 20.4 Å². The van der Waals surface area contributed by atoms with Gasteiger partial charge >= 0.3 is 0 Å². The Morgan fingerprint density at radius 2 is 2.11 bits per heavy atom. The summed E-state index contributed by atoms with van der Waals surface area (Å²) in [6.07, 6.45) is 1.62. The lowest BCUT2D eigenvalue weighted by Crippen LogP contribution is -2.04. The molecule has 0 aliphatic heterocycles. The van der Waals surface area contributed by atoms with Crippen molar-refractivity contribution in [3.05, 3.63) is 48.2 Å². The Morgan fingerprint density at radius 1 is 1.29 bits per heavy atom. The SMILES string of the molecule is COc1cc(S(C)=O)ccc1NCC#Cc1cc2c(N)cccc2n1CCF. The van der Waals surface area contributed by atoms with Crippen LogP contribution >= 0.6 is 0 Å². The van der Waals surface area contributed by atoms with Crippen molar-refractivity contribution in [2.45, 2.75) is 11.4 Å². The van der Waals surface area contributed by atoms with E-state index in [4.69, 9.17) is 10.5 Å². The standard InChI is InChI=1S/C21H22FN3O2S/c1-27-21-14-16(28(2)26)8-9-19(21)24-11-4-5-15-13-17-18(23)6-3-7-20(17)25(15)12-10-22/h3,6-9,13-14,24H,10-12,23H2,1-2H3. The van der Waals surface area contributed by atoms with Crippen LogP contribution in [-0.2, 0) is 17.3 Å². The predicted molar refractivity (Wildman–Crippen MR) is 113 cm³/mol. The molecular weight excluding hydrogens is 377 g/mol. The molecule has 0 aliphatic rings. The van der Waals surface area contributed by atoms with Crippen molar-refractivity contribution in [2.75, 3.05) is 37.6 Å². The molecule has 3 rings (SSSR count). The Labute approximate surface area is 166 Å². The number of hydrogen-bond donors (Lipinski definition) is 2. The van der Waals surface area contributed by atoms with E-state index in [1.54, 1.807) is 25.5 Å². The van der Waals surface area contributed by atoms with Crippen molar-refractivity contribution in [1.29, 1.82) is 0 Å². The number of methoxy groups -OCH3 is 1. The van der Waals surface area contributed by atoms with Gasteiger partial charge in [-0.25, -0.2) is 4.39 Å². The molecule has 0 bridgehead atoms. The fraction of sp³-hybridized carbons (Fsp3) is 0.238. The fourth-order valence-corrected chi connectivity index (χ4v) is 3.54. The van der Waals surface area contributed by atoms with Crippen LogP contribution in [0.3, 0.4) is 0 Å². The van der Waals surface area contributed by atoms with E-state index in [-0.39, 0.29) is 6.54 Å². The number of nitrogens with two attached hydrogens (primary N) is 1. The molecule has 3 N–H and O–H groups in total. The van der Waals surface area contributed by atoms with Crippen LogP contribution in [0.15, 0.2) is 47.4 Å². The molecular formula is C21H22FN3O2S. The highest BCUT2D eigenvalue weighted by Gasteiger charge is 2.09. The van der Waals surface area contributed by atoms with Gasteiger partial charge in [-0.15, -0.1) is 0 Å². The van der Waals surface area contributed by atoms with Gasteiger partial charge in [0.2, 0.25) is 0 Å². The summed E-state index contributed by atoms with van der Waals surface area (Å²) in [6.45, 7) is 0.124. The second kappa shape index (κ2) is 8.81. The smallest absolute Gasteiger partial charge is 0.143 e. The molecule has 0 aliphatic carbocycles. The van der Waals surface area contributed by atoms with E-state index in [2.05, 4.69) is 17.2 Å². The number of nitrogens with one attached hydrogen (secondary N) is 1. The maximum Gasteiger partial charge on any atom is 0.143 e. The topological polar surface area (TPSA) is 69.3 Å². The normalized spacial score (nSPS) is 11.7. The number of anilines is 2. The molecule has 3 aromatic rings. The van der Waals surface area contributed by atoms with Crippen molar-refractivity contribution in [1.82, 2.24) is 4.57 Å². The number of aromatic nitrogens is 1. The van der Waals surface area contributed by atoms with Gasteiger partial charge in [0, 0.05) is 33.0 Å². The Bertz CT molecular complexity index is 1080. The molecule has 1 unspecified atom stereocenters. The number of hydrogen-bond acceptors (Lipinski definition) is 4. The van der Waals surface area contributed by atoms with Crippen LogP contribution in [0.2, 0.25) is 0 Å². The fourth-order valence-electron chi connectivity index (χ4n) is 3.01.